The summed E-state index contributed by atoms with van der Waals surface area (Å²) >= 11 is 0. The third-order valence-corrected chi connectivity index (χ3v) is 14.3. The van der Waals surface area contributed by atoms with E-state index in [4.69, 9.17) is 34.3 Å². The zero-order chi connectivity index (χ0) is 48.7. The maximum atomic E-state index is 7.23. The lowest BCUT2D eigenvalue weighted by Crippen LogP contribution is -2.06. The second kappa shape index (κ2) is 16.7. The Kier molecular flexibility index (Phi) is 9.40. The van der Waals surface area contributed by atoms with Crippen LogP contribution in [-0.4, -0.2) is 34.5 Å². The van der Waals surface area contributed by atoms with E-state index >= 15 is 0 Å². The molecular weight excluding hydrogens is 907 g/mol. The molecule has 0 unspecified atom stereocenters. The van der Waals surface area contributed by atoms with E-state index in [9.17, 15) is 0 Å². The molecule has 0 saturated carbocycles. The highest BCUT2D eigenvalue weighted by atomic mass is 16.3. The third-order valence-electron chi connectivity index (χ3n) is 14.3. The van der Waals surface area contributed by atoms with Crippen LogP contribution in [0.3, 0.4) is 0 Å². The normalized spacial score (nSPS) is 11.8. The first-order chi connectivity index (χ1) is 36.7. The van der Waals surface area contributed by atoms with Crippen LogP contribution in [0.2, 0.25) is 0 Å². The van der Waals surface area contributed by atoms with Crippen LogP contribution in [0.25, 0.3) is 150 Å². The molecule has 15 rings (SSSR count). The summed E-state index contributed by atoms with van der Waals surface area (Å²) in [6.07, 6.45) is 0. The van der Waals surface area contributed by atoms with Crippen molar-refractivity contribution in [2.75, 3.05) is 0 Å². The van der Waals surface area contributed by atoms with Gasteiger partial charge in [-0.05, 0) is 51.0 Å². The molecule has 8 nitrogen and oxygen atoms in total. The van der Waals surface area contributed by atoms with Crippen molar-refractivity contribution in [3.8, 4) is 85.1 Å². The monoisotopic (exact) mass is 945 g/mol. The number of furan rings is 1. The Morgan fingerprint density at radius 2 is 0.649 bits per heavy atom. The van der Waals surface area contributed by atoms with Gasteiger partial charge in [-0.15, -0.1) is 0 Å². The van der Waals surface area contributed by atoms with Crippen LogP contribution in [0, 0.1) is 0 Å². The third kappa shape index (κ3) is 6.62. The standard InChI is InChI=1S/C66H39N7O/c1-5-18-40(19-6-1)41-34-36-45(37-35-41)62-67-61(42-20-7-2-8-21-42)69-65(70-62)53-32-16-31-52-51-30-15-29-50(59(51)74-60(52)53)49-38-39-55-58-56(49)47-27-14-13-26-46(47)48-28-17-33-54(57(48)58)73(55)66-71-63(43-22-9-3-10-23-43)68-64(72-66)44-24-11-4-12-25-44/h1-39H. The van der Waals surface area contributed by atoms with Crippen molar-refractivity contribution in [1.82, 2.24) is 34.5 Å². The van der Waals surface area contributed by atoms with Gasteiger partial charge in [0.15, 0.2) is 29.1 Å². The Morgan fingerprint density at radius 1 is 0.243 bits per heavy atom. The van der Waals surface area contributed by atoms with E-state index in [-0.39, 0.29) is 0 Å². The molecule has 0 aliphatic rings. The Hall–Kier alpha value is -10.2. The molecule has 0 bridgehead atoms. The van der Waals surface area contributed by atoms with Crippen LogP contribution in [0.1, 0.15) is 0 Å². The van der Waals surface area contributed by atoms with Gasteiger partial charge in [-0.2, -0.15) is 9.97 Å². The van der Waals surface area contributed by atoms with Crippen molar-refractivity contribution in [1.29, 1.82) is 0 Å². The zero-order valence-electron chi connectivity index (χ0n) is 39.6. The van der Waals surface area contributed by atoms with Crippen LogP contribution >= 0.6 is 0 Å². The van der Waals surface area contributed by atoms with Gasteiger partial charge < -0.3 is 4.42 Å². The number of aromatic nitrogens is 7. The predicted molar refractivity (Wildman–Crippen MR) is 299 cm³/mol. The highest BCUT2D eigenvalue weighted by molar-refractivity contribution is 6.37. The average Bonchev–Trinajstić information content (AvgIpc) is 4.08. The molecule has 15 aromatic rings. The number of benzene rings is 11. The van der Waals surface area contributed by atoms with Crippen LogP contribution < -0.4 is 0 Å². The summed E-state index contributed by atoms with van der Waals surface area (Å²) in [7, 11) is 0. The minimum Gasteiger partial charge on any atom is -0.455 e. The summed E-state index contributed by atoms with van der Waals surface area (Å²) in [5.74, 6) is 3.45. The minimum absolute atomic E-state index is 0.530. The number of fused-ring (bicyclic) bond motifs is 6. The number of nitrogens with zero attached hydrogens (tertiary/aromatic N) is 7. The maximum Gasteiger partial charge on any atom is 0.238 e. The van der Waals surface area contributed by atoms with Crippen LogP contribution in [0.4, 0.5) is 0 Å². The molecule has 0 aliphatic carbocycles. The number of hydrogen-bond acceptors (Lipinski definition) is 7. The number of rotatable bonds is 8. The Bertz CT molecular complexity index is 4570. The lowest BCUT2D eigenvalue weighted by Gasteiger charge is -2.14. The molecule has 11 aromatic carbocycles. The number of para-hydroxylation sites is 2. The van der Waals surface area contributed by atoms with Gasteiger partial charge in [0.1, 0.15) is 11.2 Å². The average molecular weight is 946 g/mol. The molecule has 4 heterocycles. The topological polar surface area (TPSA) is 95.4 Å². The summed E-state index contributed by atoms with van der Waals surface area (Å²) in [6, 6.07) is 81.6. The first-order valence-electron chi connectivity index (χ1n) is 24.7. The molecule has 0 N–H and O–H groups in total. The largest absolute Gasteiger partial charge is 0.455 e. The molecular formula is C66H39N7O. The van der Waals surface area contributed by atoms with E-state index in [0.717, 1.165) is 110 Å². The smallest absolute Gasteiger partial charge is 0.238 e. The maximum absolute atomic E-state index is 7.23. The second-order valence-corrected chi connectivity index (χ2v) is 18.6. The van der Waals surface area contributed by atoms with Crippen molar-refractivity contribution in [3.63, 3.8) is 0 Å². The molecule has 0 saturated heterocycles. The van der Waals surface area contributed by atoms with Gasteiger partial charge >= 0.3 is 0 Å². The van der Waals surface area contributed by atoms with Gasteiger partial charge in [-0.25, -0.2) is 19.9 Å². The quantitative estimate of drug-likeness (QED) is 0.140. The lowest BCUT2D eigenvalue weighted by molar-refractivity contribution is 0.670. The van der Waals surface area contributed by atoms with Crippen LogP contribution in [-0.2, 0) is 0 Å². The van der Waals surface area contributed by atoms with Gasteiger partial charge in [-0.3, -0.25) is 4.57 Å². The molecule has 8 heteroatoms. The highest BCUT2D eigenvalue weighted by Crippen LogP contribution is 2.49. The van der Waals surface area contributed by atoms with E-state index in [1.807, 2.05) is 103 Å². The summed E-state index contributed by atoms with van der Waals surface area (Å²) < 4.78 is 9.45. The van der Waals surface area contributed by atoms with E-state index in [0.29, 0.717) is 40.7 Å². The van der Waals surface area contributed by atoms with E-state index in [1.54, 1.807) is 0 Å². The summed E-state index contributed by atoms with van der Waals surface area (Å²) in [5.41, 5.74) is 12.2. The van der Waals surface area contributed by atoms with Gasteiger partial charge in [0.2, 0.25) is 5.95 Å². The van der Waals surface area contributed by atoms with Crippen molar-refractivity contribution in [3.05, 3.63) is 237 Å². The molecule has 0 aliphatic heterocycles. The Balaban J connectivity index is 0.945. The van der Waals surface area contributed by atoms with Gasteiger partial charge in [0.05, 0.1) is 16.6 Å². The number of hydrogen-bond donors (Lipinski definition) is 0. The molecule has 344 valence electrons. The van der Waals surface area contributed by atoms with Crippen LogP contribution in [0.15, 0.2) is 241 Å². The Morgan fingerprint density at radius 3 is 1.26 bits per heavy atom. The highest BCUT2D eigenvalue weighted by Gasteiger charge is 2.26. The summed E-state index contributed by atoms with van der Waals surface area (Å²) in [4.78, 5) is 31.0. The van der Waals surface area contributed by atoms with Gasteiger partial charge in [-0.1, -0.05) is 218 Å². The minimum atomic E-state index is 0.530. The first-order valence-corrected chi connectivity index (χ1v) is 24.7. The summed E-state index contributed by atoms with van der Waals surface area (Å²) in [5, 5.41) is 8.85. The molecule has 0 fully saturated rings. The first kappa shape index (κ1) is 41.6. The molecule has 0 radical (unpaired) electrons. The fraction of sp³-hybridized carbons (Fsp3) is 0. The molecule has 0 atom stereocenters. The molecule has 0 spiro atoms. The second-order valence-electron chi connectivity index (χ2n) is 18.6. The van der Waals surface area contributed by atoms with Gasteiger partial charge in [0, 0.05) is 54.7 Å². The zero-order valence-corrected chi connectivity index (χ0v) is 39.6. The van der Waals surface area contributed by atoms with Gasteiger partial charge in [0.25, 0.3) is 0 Å². The predicted octanol–water partition coefficient (Wildman–Crippen LogP) is 16.5. The molecule has 4 aromatic heterocycles. The molecule has 74 heavy (non-hydrogen) atoms. The molecule has 0 amide bonds. The van der Waals surface area contributed by atoms with E-state index < -0.39 is 0 Å². The van der Waals surface area contributed by atoms with Crippen molar-refractivity contribution < 1.29 is 4.42 Å². The fourth-order valence-electron chi connectivity index (χ4n) is 10.9. The van der Waals surface area contributed by atoms with E-state index in [1.165, 1.54) is 0 Å². The Labute approximate surface area is 423 Å². The lowest BCUT2D eigenvalue weighted by atomic mass is 9.89. The summed E-state index contributed by atoms with van der Waals surface area (Å²) in [6.45, 7) is 0. The SMILES string of the molecule is c1ccc(-c2ccc(-c3nc(-c4ccccc4)nc(-c4cccc5c4oc4c(-c6ccc7c8c6c6ccccc6c6cccc(c68)n7-c6nc(-c7ccccc7)nc(-c7ccccc7)n6)cccc45)n3)cc2)cc1. The van der Waals surface area contributed by atoms with Crippen molar-refractivity contribution in [2.24, 2.45) is 0 Å². The fourth-order valence-corrected chi connectivity index (χ4v) is 10.9. The van der Waals surface area contributed by atoms with Crippen LogP contribution in [0.5, 0.6) is 0 Å². The van der Waals surface area contributed by atoms with Crippen molar-refractivity contribution >= 4 is 65.3 Å². The van der Waals surface area contributed by atoms with E-state index in [2.05, 4.69) is 138 Å². The van der Waals surface area contributed by atoms with Crippen molar-refractivity contribution in [2.45, 2.75) is 0 Å².